The lowest BCUT2D eigenvalue weighted by Gasteiger charge is -2.46. The van der Waals surface area contributed by atoms with E-state index >= 15 is 0 Å². The molecule has 1 heterocycles. The average molecular weight is 470 g/mol. The molecule has 1 aromatic rings. The lowest BCUT2D eigenvalue weighted by atomic mass is 10.1. The van der Waals surface area contributed by atoms with Crippen molar-refractivity contribution in [3.8, 4) is 0 Å². The summed E-state index contributed by atoms with van der Waals surface area (Å²) in [6.07, 6.45) is -0.0872. The first-order valence-electron chi connectivity index (χ1n) is 9.73. The molecule has 1 aliphatic rings. The maximum absolute atomic E-state index is 13.0. The predicted octanol–water partition coefficient (Wildman–Crippen LogP) is 0.360. The quantitative estimate of drug-likeness (QED) is 0.370. The summed E-state index contributed by atoms with van der Waals surface area (Å²) in [5, 5.41) is 2.91. The number of imide groups is 1. The summed E-state index contributed by atoms with van der Waals surface area (Å²) in [7, 11) is 3.84. The van der Waals surface area contributed by atoms with Gasteiger partial charge in [0, 0.05) is 12.8 Å². The number of quaternary nitrogens is 1. The smallest absolute Gasteiger partial charge is 0.412 e. The molecule has 1 N–H and O–H groups in total. The first-order valence-corrected chi connectivity index (χ1v) is 9.73. The number of alkyl carbamates (subject to hydrolysis) is 1. The van der Waals surface area contributed by atoms with E-state index in [4.69, 9.17) is 4.74 Å². The lowest BCUT2D eigenvalue weighted by molar-refractivity contribution is -0.949. The van der Waals surface area contributed by atoms with Crippen molar-refractivity contribution in [3.05, 3.63) is 35.4 Å². The van der Waals surface area contributed by atoms with Crippen molar-refractivity contribution in [1.29, 1.82) is 0 Å². The third kappa shape index (κ3) is 5.17. The summed E-state index contributed by atoms with van der Waals surface area (Å²) in [6, 6.07) is 6.87. The lowest BCUT2D eigenvalue weighted by Crippen LogP contribution is -3.00. The Morgan fingerprint density at radius 3 is 1.93 bits per heavy atom. The number of carbonyl (C=O) groups excluding carboxylic acids is 3. The molecular weight excluding hydrogens is 438 g/mol. The zero-order valence-corrected chi connectivity index (χ0v) is 19.9. The number of ether oxygens (including phenoxy) is 1. The van der Waals surface area contributed by atoms with E-state index in [-0.39, 0.29) is 39.4 Å². The van der Waals surface area contributed by atoms with Crippen LogP contribution in [0.15, 0.2) is 24.3 Å². The second kappa shape index (κ2) is 9.26. The number of benzene rings is 1. The van der Waals surface area contributed by atoms with Crippen LogP contribution in [0.3, 0.4) is 0 Å². The van der Waals surface area contributed by atoms with Gasteiger partial charge in [0.1, 0.15) is 5.60 Å². The van der Waals surface area contributed by atoms with Gasteiger partial charge in [0.05, 0.1) is 25.2 Å². The Morgan fingerprint density at radius 1 is 1.07 bits per heavy atom. The molecular formula is C21H32BrN3O4. The van der Waals surface area contributed by atoms with E-state index in [0.717, 1.165) is 0 Å². The maximum Gasteiger partial charge on any atom is 0.412 e. The van der Waals surface area contributed by atoms with Crippen molar-refractivity contribution in [2.24, 2.45) is 0 Å². The molecule has 0 saturated carbocycles. The highest BCUT2D eigenvalue weighted by molar-refractivity contribution is 6.21. The SMILES string of the molecule is CCC(NC(=O)OC(C)(C)C)[N+](C)(C)C(CC)N1C(=O)c2ccccc2C1=O.[Br-]. The molecule has 1 aromatic carbocycles. The van der Waals surface area contributed by atoms with Crippen molar-refractivity contribution in [1.82, 2.24) is 10.2 Å². The molecule has 0 aromatic heterocycles. The van der Waals surface area contributed by atoms with Crippen LogP contribution in [0.2, 0.25) is 0 Å². The van der Waals surface area contributed by atoms with Gasteiger partial charge in [-0.05, 0) is 32.9 Å². The zero-order chi connectivity index (χ0) is 21.3. The van der Waals surface area contributed by atoms with E-state index in [1.54, 1.807) is 45.0 Å². The molecule has 162 valence electrons. The van der Waals surface area contributed by atoms with Crippen LogP contribution in [-0.2, 0) is 4.74 Å². The van der Waals surface area contributed by atoms with E-state index < -0.39 is 17.9 Å². The van der Waals surface area contributed by atoms with Crippen molar-refractivity contribution in [2.45, 2.75) is 65.4 Å². The summed E-state index contributed by atoms with van der Waals surface area (Å²) >= 11 is 0. The number of carbonyl (C=O) groups is 3. The van der Waals surface area contributed by atoms with Gasteiger partial charge in [0.15, 0.2) is 12.3 Å². The molecule has 0 fully saturated rings. The summed E-state index contributed by atoms with van der Waals surface area (Å²) in [4.78, 5) is 39.6. The average Bonchev–Trinajstić information content (AvgIpc) is 2.84. The maximum atomic E-state index is 13.0. The zero-order valence-electron chi connectivity index (χ0n) is 18.3. The molecule has 29 heavy (non-hydrogen) atoms. The second-order valence-corrected chi connectivity index (χ2v) is 8.61. The number of fused-ring (bicyclic) bond motifs is 1. The number of rotatable bonds is 6. The van der Waals surface area contributed by atoms with E-state index in [1.807, 2.05) is 27.9 Å². The van der Waals surface area contributed by atoms with Gasteiger partial charge in [-0.25, -0.2) is 9.69 Å². The minimum absolute atomic E-state index is 0. The minimum atomic E-state index is -0.605. The summed E-state index contributed by atoms with van der Waals surface area (Å²) in [5.74, 6) is -0.573. The number of hydrogen-bond acceptors (Lipinski definition) is 4. The summed E-state index contributed by atoms with van der Waals surface area (Å²) in [5.41, 5.74) is 0.254. The van der Waals surface area contributed by atoms with Crippen LogP contribution in [0.5, 0.6) is 0 Å². The molecule has 7 nitrogen and oxygen atoms in total. The Morgan fingerprint density at radius 2 is 1.55 bits per heavy atom. The Hall–Kier alpha value is -1.93. The number of nitrogens with one attached hydrogen (secondary N) is 1. The van der Waals surface area contributed by atoms with Crippen LogP contribution < -0.4 is 22.3 Å². The molecule has 0 saturated heterocycles. The van der Waals surface area contributed by atoms with Crippen LogP contribution in [0.1, 0.15) is 68.2 Å². The van der Waals surface area contributed by atoms with Crippen LogP contribution in [0.25, 0.3) is 0 Å². The van der Waals surface area contributed by atoms with Gasteiger partial charge < -0.3 is 21.7 Å². The Bertz CT molecular complexity index is 738. The molecule has 0 spiro atoms. The largest absolute Gasteiger partial charge is 1.00 e. The molecule has 2 atom stereocenters. The van der Waals surface area contributed by atoms with Gasteiger partial charge >= 0.3 is 6.09 Å². The van der Waals surface area contributed by atoms with Gasteiger partial charge in [0.2, 0.25) is 0 Å². The van der Waals surface area contributed by atoms with Crippen LogP contribution in [-0.4, -0.2) is 59.3 Å². The van der Waals surface area contributed by atoms with Gasteiger partial charge in [-0.2, -0.15) is 0 Å². The number of halogens is 1. The predicted molar refractivity (Wildman–Crippen MR) is 107 cm³/mol. The highest BCUT2D eigenvalue weighted by Gasteiger charge is 2.48. The molecule has 0 bridgehead atoms. The monoisotopic (exact) mass is 469 g/mol. The fourth-order valence-corrected chi connectivity index (χ4v) is 3.82. The molecule has 8 heteroatoms. The van der Waals surface area contributed by atoms with Crippen molar-refractivity contribution < 1.29 is 40.6 Å². The van der Waals surface area contributed by atoms with Crippen molar-refractivity contribution in [2.75, 3.05) is 14.1 Å². The van der Waals surface area contributed by atoms with Crippen LogP contribution in [0.4, 0.5) is 4.79 Å². The van der Waals surface area contributed by atoms with Gasteiger partial charge in [-0.3, -0.25) is 19.4 Å². The molecule has 2 rings (SSSR count). The normalized spacial score (nSPS) is 16.0. The molecule has 0 aliphatic carbocycles. The van der Waals surface area contributed by atoms with Crippen LogP contribution >= 0.6 is 0 Å². The van der Waals surface area contributed by atoms with Gasteiger partial charge in [-0.1, -0.05) is 26.0 Å². The molecule has 3 amide bonds. The first-order chi connectivity index (χ1) is 12.9. The number of hydrogen-bond donors (Lipinski definition) is 1. The van der Waals surface area contributed by atoms with E-state index in [9.17, 15) is 14.4 Å². The second-order valence-electron chi connectivity index (χ2n) is 8.61. The van der Waals surface area contributed by atoms with Crippen molar-refractivity contribution >= 4 is 17.9 Å². The van der Waals surface area contributed by atoms with Crippen LogP contribution in [0, 0.1) is 0 Å². The Balaban J connectivity index is 0.00000420. The fraction of sp³-hybridized carbons (Fsp3) is 0.571. The molecule has 1 aliphatic heterocycles. The van der Waals surface area contributed by atoms with Gasteiger partial charge in [0.25, 0.3) is 11.8 Å². The van der Waals surface area contributed by atoms with E-state index in [0.29, 0.717) is 24.0 Å². The Labute approximate surface area is 183 Å². The fourth-order valence-electron chi connectivity index (χ4n) is 3.82. The Kier molecular flexibility index (Phi) is 8.01. The minimum Gasteiger partial charge on any atom is -1.00 e. The number of nitrogens with zero attached hydrogens (tertiary/aromatic N) is 2. The first kappa shape index (κ1) is 25.1. The van der Waals surface area contributed by atoms with E-state index in [2.05, 4.69) is 5.32 Å². The molecule has 2 unspecified atom stereocenters. The number of amides is 3. The topological polar surface area (TPSA) is 75.7 Å². The third-order valence-electron chi connectivity index (χ3n) is 5.13. The highest BCUT2D eigenvalue weighted by atomic mass is 79.9. The highest BCUT2D eigenvalue weighted by Crippen LogP contribution is 2.30. The third-order valence-corrected chi connectivity index (χ3v) is 5.13. The summed E-state index contributed by atoms with van der Waals surface area (Å²) in [6.45, 7) is 9.31. The van der Waals surface area contributed by atoms with E-state index in [1.165, 1.54) is 4.90 Å². The van der Waals surface area contributed by atoms with Crippen molar-refractivity contribution in [3.63, 3.8) is 0 Å². The summed E-state index contributed by atoms with van der Waals surface area (Å²) < 4.78 is 5.64. The molecule has 0 radical (unpaired) electrons. The standard InChI is InChI=1S/C21H31N3O4.BrH/c1-8-16(22-20(27)28-21(3,4)5)24(6,7)17(9-2)23-18(25)14-12-10-11-13-15(14)19(23)26;/h10-13,16-17H,8-9H2,1-7H3;1H. The van der Waals surface area contributed by atoms with Gasteiger partial charge in [-0.15, -0.1) is 0 Å².